The lowest BCUT2D eigenvalue weighted by molar-refractivity contribution is 0.340. The SMILES string of the molecule is CCOc1ccc(-c2c(-c3ccsc3)noc2N)cc1. The Morgan fingerprint density at radius 1 is 1.20 bits per heavy atom. The first-order valence-electron chi connectivity index (χ1n) is 6.30. The highest BCUT2D eigenvalue weighted by Crippen LogP contribution is 2.37. The smallest absolute Gasteiger partial charge is 0.230 e. The molecule has 0 aliphatic rings. The number of rotatable bonds is 4. The third kappa shape index (κ3) is 2.28. The maximum atomic E-state index is 5.92. The Labute approximate surface area is 120 Å². The van der Waals surface area contributed by atoms with Gasteiger partial charge in [-0.3, -0.25) is 0 Å². The number of nitrogens with two attached hydrogens (primary N) is 1. The summed E-state index contributed by atoms with van der Waals surface area (Å²) in [7, 11) is 0. The van der Waals surface area contributed by atoms with E-state index in [0.29, 0.717) is 12.5 Å². The van der Waals surface area contributed by atoms with Crippen molar-refractivity contribution < 1.29 is 9.26 Å². The Balaban J connectivity index is 2.03. The van der Waals surface area contributed by atoms with Gasteiger partial charge >= 0.3 is 0 Å². The van der Waals surface area contributed by atoms with Gasteiger partial charge in [0, 0.05) is 10.9 Å². The zero-order chi connectivity index (χ0) is 13.9. The minimum Gasteiger partial charge on any atom is -0.494 e. The van der Waals surface area contributed by atoms with E-state index in [2.05, 4.69) is 5.16 Å². The number of hydrogen-bond donors (Lipinski definition) is 1. The Morgan fingerprint density at radius 3 is 2.65 bits per heavy atom. The van der Waals surface area contributed by atoms with Crippen LogP contribution in [0.2, 0.25) is 0 Å². The summed E-state index contributed by atoms with van der Waals surface area (Å²) >= 11 is 1.61. The summed E-state index contributed by atoms with van der Waals surface area (Å²) in [5.74, 6) is 1.17. The molecule has 0 aliphatic heterocycles. The predicted molar refractivity (Wildman–Crippen MR) is 80.8 cm³/mol. The number of nitrogens with zero attached hydrogens (tertiary/aromatic N) is 1. The molecule has 2 heterocycles. The Kier molecular flexibility index (Phi) is 3.43. The summed E-state index contributed by atoms with van der Waals surface area (Å²) in [6.45, 7) is 2.61. The van der Waals surface area contributed by atoms with Gasteiger partial charge in [0.25, 0.3) is 0 Å². The van der Waals surface area contributed by atoms with Gasteiger partial charge in [0.15, 0.2) is 0 Å². The van der Waals surface area contributed by atoms with Crippen molar-refractivity contribution in [3.05, 3.63) is 41.1 Å². The fourth-order valence-electron chi connectivity index (χ4n) is 2.06. The summed E-state index contributed by atoms with van der Waals surface area (Å²) in [5, 5.41) is 8.09. The first-order valence-corrected chi connectivity index (χ1v) is 7.25. The minimum atomic E-state index is 0.329. The van der Waals surface area contributed by atoms with E-state index < -0.39 is 0 Å². The third-order valence-corrected chi connectivity index (χ3v) is 3.65. The number of aromatic nitrogens is 1. The van der Waals surface area contributed by atoms with E-state index in [1.54, 1.807) is 11.3 Å². The monoisotopic (exact) mass is 286 g/mol. The molecule has 3 rings (SSSR count). The van der Waals surface area contributed by atoms with E-state index in [-0.39, 0.29) is 0 Å². The molecular formula is C15H14N2O2S. The van der Waals surface area contributed by atoms with Crippen molar-refractivity contribution in [1.29, 1.82) is 0 Å². The van der Waals surface area contributed by atoms with Gasteiger partial charge in [-0.2, -0.15) is 11.3 Å². The molecule has 1 aromatic carbocycles. The van der Waals surface area contributed by atoms with E-state index in [4.69, 9.17) is 15.0 Å². The molecule has 2 aromatic heterocycles. The first-order chi connectivity index (χ1) is 9.79. The maximum absolute atomic E-state index is 5.92. The topological polar surface area (TPSA) is 61.3 Å². The molecule has 4 nitrogen and oxygen atoms in total. The number of benzene rings is 1. The highest BCUT2D eigenvalue weighted by atomic mass is 32.1. The molecule has 102 valence electrons. The van der Waals surface area contributed by atoms with E-state index >= 15 is 0 Å². The predicted octanol–water partition coefficient (Wildman–Crippen LogP) is 4.05. The Bertz CT molecular complexity index is 687. The van der Waals surface area contributed by atoms with Gasteiger partial charge < -0.3 is 15.0 Å². The lowest BCUT2D eigenvalue weighted by atomic mass is 10.0. The van der Waals surface area contributed by atoms with Crippen LogP contribution in [0.25, 0.3) is 22.4 Å². The van der Waals surface area contributed by atoms with Crippen LogP contribution in [0.5, 0.6) is 5.75 Å². The lowest BCUT2D eigenvalue weighted by Crippen LogP contribution is -1.91. The zero-order valence-electron chi connectivity index (χ0n) is 11.0. The quantitative estimate of drug-likeness (QED) is 0.786. The van der Waals surface area contributed by atoms with Crippen LogP contribution in [0.1, 0.15) is 6.92 Å². The first kappa shape index (κ1) is 12.7. The van der Waals surface area contributed by atoms with Crippen LogP contribution in [0.3, 0.4) is 0 Å². The molecule has 0 radical (unpaired) electrons. The average Bonchev–Trinajstić information content (AvgIpc) is 3.09. The molecule has 5 heteroatoms. The Morgan fingerprint density at radius 2 is 2.00 bits per heavy atom. The van der Waals surface area contributed by atoms with E-state index in [1.807, 2.05) is 48.0 Å². The summed E-state index contributed by atoms with van der Waals surface area (Å²) < 4.78 is 10.6. The molecular weight excluding hydrogens is 272 g/mol. The molecule has 0 spiro atoms. The number of nitrogen functional groups attached to an aromatic ring is 1. The van der Waals surface area contributed by atoms with Gasteiger partial charge in [0.05, 0.1) is 12.2 Å². The third-order valence-electron chi connectivity index (χ3n) is 2.97. The average molecular weight is 286 g/mol. The second-order valence-electron chi connectivity index (χ2n) is 4.24. The molecule has 0 bridgehead atoms. The van der Waals surface area contributed by atoms with Crippen molar-refractivity contribution in [2.24, 2.45) is 0 Å². The van der Waals surface area contributed by atoms with E-state index in [0.717, 1.165) is 28.1 Å². The van der Waals surface area contributed by atoms with Crippen LogP contribution < -0.4 is 10.5 Å². The molecule has 0 unspecified atom stereocenters. The highest BCUT2D eigenvalue weighted by Gasteiger charge is 2.17. The maximum Gasteiger partial charge on any atom is 0.230 e. The van der Waals surface area contributed by atoms with Crippen LogP contribution >= 0.6 is 11.3 Å². The normalized spacial score (nSPS) is 10.7. The summed E-state index contributed by atoms with van der Waals surface area (Å²) in [5.41, 5.74) is 9.50. The zero-order valence-corrected chi connectivity index (χ0v) is 11.8. The van der Waals surface area contributed by atoms with Crippen molar-refractivity contribution in [2.75, 3.05) is 12.3 Å². The molecule has 0 amide bonds. The summed E-state index contributed by atoms with van der Waals surface area (Å²) in [6, 6.07) is 9.76. The molecule has 20 heavy (non-hydrogen) atoms. The number of anilines is 1. The number of ether oxygens (including phenoxy) is 1. The van der Waals surface area contributed by atoms with Crippen molar-refractivity contribution in [3.8, 4) is 28.1 Å². The second-order valence-corrected chi connectivity index (χ2v) is 5.02. The molecule has 3 aromatic rings. The van der Waals surface area contributed by atoms with Crippen molar-refractivity contribution in [3.63, 3.8) is 0 Å². The van der Waals surface area contributed by atoms with Crippen LogP contribution in [-0.2, 0) is 0 Å². The standard InChI is InChI=1S/C15H14N2O2S/c1-2-18-12-5-3-10(4-6-12)13-14(17-19-15(13)16)11-7-8-20-9-11/h3-9H,2,16H2,1H3. The largest absolute Gasteiger partial charge is 0.494 e. The second kappa shape index (κ2) is 5.38. The van der Waals surface area contributed by atoms with Crippen LogP contribution in [0.4, 0.5) is 5.88 Å². The number of hydrogen-bond acceptors (Lipinski definition) is 5. The van der Waals surface area contributed by atoms with Gasteiger partial charge in [-0.15, -0.1) is 0 Å². The molecule has 0 saturated carbocycles. The van der Waals surface area contributed by atoms with Crippen LogP contribution in [0, 0.1) is 0 Å². The van der Waals surface area contributed by atoms with Gasteiger partial charge in [0.1, 0.15) is 11.4 Å². The van der Waals surface area contributed by atoms with Gasteiger partial charge in [0.2, 0.25) is 5.88 Å². The van der Waals surface area contributed by atoms with Gasteiger partial charge in [-0.05, 0) is 36.1 Å². The van der Waals surface area contributed by atoms with Crippen LogP contribution in [0.15, 0.2) is 45.6 Å². The lowest BCUT2D eigenvalue weighted by Gasteiger charge is -2.05. The van der Waals surface area contributed by atoms with Crippen molar-refractivity contribution >= 4 is 17.2 Å². The number of thiophene rings is 1. The van der Waals surface area contributed by atoms with E-state index in [1.165, 1.54) is 0 Å². The molecule has 0 aliphatic carbocycles. The molecule has 0 saturated heterocycles. The molecule has 2 N–H and O–H groups in total. The fourth-order valence-corrected chi connectivity index (χ4v) is 2.70. The summed E-state index contributed by atoms with van der Waals surface area (Å²) in [4.78, 5) is 0. The molecule has 0 fully saturated rings. The fraction of sp³-hybridized carbons (Fsp3) is 0.133. The summed E-state index contributed by atoms with van der Waals surface area (Å²) in [6.07, 6.45) is 0. The minimum absolute atomic E-state index is 0.329. The van der Waals surface area contributed by atoms with Gasteiger partial charge in [-0.1, -0.05) is 17.3 Å². The van der Waals surface area contributed by atoms with Crippen LogP contribution in [-0.4, -0.2) is 11.8 Å². The van der Waals surface area contributed by atoms with Gasteiger partial charge in [-0.25, -0.2) is 0 Å². The molecule has 0 atom stereocenters. The van der Waals surface area contributed by atoms with E-state index in [9.17, 15) is 0 Å². The Hall–Kier alpha value is -2.27. The highest BCUT2D eigenvalue weighted by molar-refractivity contribution is 7.08. The van der Waals surface area contributed by atoms with Crippen molar-refractivity contribution in [1.82, 2.24) is 5.16 Å². The van der Waals surface area contributed by atoms with Crippen molar-refractivity contribution in [2.45, 2.75) is 6.92 Å².